The van der Waals surface area contributed by atoms with Crippen molar-refractivity contribution in [3.63, 3.8) is 0 Å². The van der Waals surface area contributed by atoms with Gasteiger partial charge in [-0.3, -0.25) is 4.79 Å². The number of sulfonamides is 1. The topological polar surface area (TPSA) is 99.8 Å². The molecule has 21 heavy (non-hydrogen) atoms. The molecule has 0 aliphatic heterocycles. The van der Waals surface area contributed by atoms with Crippen molar-refractivity contribution in [2.75, 3.05) is 51.9 Å². The predicted molar refractivity (Wildman–Crippen MR) is 84.0 cm³/mol. The largest absolute Gasteiger partial charge is 0.382 e. The van der Waals surface area contributed by atoms with E-state index in [1.165, 1.54) is 19.0 Å². The molecule has 0 bridgehead atoms. The summed E-state index contributed by atoms with van der Waals surface area (Å²) < 4.78 is 29.7. The molecule has 1 aromatic rings. The van der Waals surface area contributed by atoms with Gasteiger partial charge in [-0.1, -0.05) is 0 Å². The number of nitrogens with two attached hydrogens (primary N) is 1. The summed E-state index contributed by atoms with van der Waals surface area (Å²) in [5.74, 6) is -0.170. The summed E-state index contributed by atoms with van der Waals surface area (Å²) in [6.45, 7) is 2.38. The van der Waals surface area contributed by atoms with Gasteiger partial charge in [0.2, 0.25) is 15.9 Å². The maximum absolute atomic E-state index is 12.4. The number of nitrogen functional groups attached to an aromatic ring is 1. The highest BCUT2D eigenvalue weighted by Crippen LogP contribution is 2.35. The monoisotopic (exact) mass is 335 g/mol. The van der Waals surface area contributed by atoms with Crippen LogP contribution in [0.5, 0.6) is 0 Å². The molecule has 0 aliphatic carbocycles. The average molecular weight is 335 g/mol. The minimum Gasteiger partial charge on any atom is -0.382 e. The van der Waals surface area contributed by atoms with Crippen LogP contribution in [-0.2, 0) is 14.8 Å². The molecule has 0 radical (unpaired) electrons. The van der Waals surface area contributed by atoms with E-state index in [0.29, 0.717) is 11.5 Å². The Hall–Kier alpha value is -1.39. The first-order valence-electron chi connectivity index (χ1n) is 6.25. The molecule has 120 valence electrons. The zero-order valence-electron chi connectivity index (χ0n) is 12.8. The van der Waals surface area contributed by atoms with Gasteiger partial charge in [-0.25, -0.2) is 12.7 Å². The average Bonchev–Trinajstić information content (AvgIpc) is 2.77. The zero-order chi connectivity index (χ0) is 16.4. The third-order valence-corrected chi connectivity index (χ3v) is 5.82. The van der Waals surface area contributed by atoms with E-state index in [9.17, 15) is 13.2 Å². The number of nitrogens with zero attached hydrogens (tertiary/aromatic N) is 4. The first kappa shape index (κ1) is 17.7. The van der Waals surface area contributed by atoms with Gasteiger partial charge >= 0.3 is 0 Å². The standard InChI is InChI=1S/C11H21N5O3S2/c1-6-16(7-8(17)14(2)3)11-9(10(12)13-20-11)21(18,19)15(4)5/h6-7H2,1-5H3,(H2,12,13). The maximum atomic E-state index is 12.4. The lowest BCUT2D eigenvalue weighted by atomic mass is 10.4. The molecule has 2 N–H and O–H groups in total. The number of hydrogen-bond donors (Lipinski definition) is 1. The highest BCUT2D eigenvalue weighted by atomic mass is 32.2. The summed E-state index contributed by atoms with van der Waals surface area (Å²) >= 11 is 0.981. The number of amides is 1. The van der Waals surface area contributed by atoms with Gasteiger partial charge in [0.15, 0.2) is 10.7 Å². The van der Waals surface area contributed by atoms with E-state index < -0.39 is 10.0 Å². The van der Waals surface area contributed by atoms with Gasteiger partial charge in [-0.05, 0) is 18.5 Å². The van der Waals surface area contributed by atoms with Crippen LogP contribution in [0.2, 0.25) is 0 Å². The summed E-state index contributed by atoms with van der Waals surface area (Å²) in [5, 5.41) is 0.388. The maximum Gasteiger partial charge on any atom is 0.249 e. The molecule has 0 spiro atoms. The van der Waals surface area contributed by atoms with Gasteiger partial charge in [0, 0.05) is 34.7 Å². The molecule has 0 saturated heterocycles. The van der Waals surface area contributed by atoms with Gasteiger partial charge < -0.3 is 15.5 Å². The molecule has 0 aromatic carbocycles. The molecule has 0 fully saturated rings. The van der Waals surface area contributed by atoms with Crippen molar-refractivity contribution in [2.45, 2.75) is 11.8 Å². The van der Waals surface area contributed by atoms with E-state index in [-0.39, 0.29) is 23.2 Å². The molecule has 10 heteroatoms. The first-order chi connectivity index (χ1) is 9.62. The molecule has 0 unspecified atom stereocenters. The Kier molecular flexibility index (Phi) is 5.54. The van der Waals surface area contributed by atoms with E-state index >= 15 is 0 Å². The number of rotatable bonds is 6. The highest BCUT2D eigenvalue weighted by Gasteiger charge is 2.30. The Morgan fingerprint density at radius 1 is 1.29 bits per heavy atom. The fraction of sp³-hybridized carbons (Fsp3) is 0.636. The molecule has 0 aliphatic rings. The minimum atomic E-state index is -3.72. The van der Waals surface area contributed by atoms with Crippen molar-refractivity contribution in [1.29, 1.82) is 0 Å². The van der Waals surface area contributed by atoms with Crippen molar-refractivity contribution >= 4 is 38.3 Å². The van der Waals surface area contributed by atoms with Gasteiger partial charge in [-0.15, -0.1) is 0 Å². The predicted octanol–water partition coefficient (Wildman–Crippen LogP) is -0.110. The van der Waals surface area contributed by atoms with Crippen LogP contribution in [-0.4, -0.2) is 69.2 Å². The van der Waals surface area contributed by atoms with Crippen molar-refractivity contribution < 1.29 is 13.2 Å². The van der Waals surface area contributed by atoms with Gasteiger partial charge in [-0.2, -0.15) is 4.37 Å². The van der Waals surface area contributed by atoms with Crippen molar-refractivity contribution in [1.82, 2.24) is 13.6 Å². The van der Waals surface area contributed by atoms with Crippen LogP contribution in [0.15, 0.2) is 4.90 Å². The zero-order valence-corrected chi connectivity index (χ0v) is 14.5. The van der Waals surface area contributed by atoms with E-state index in [1.807, 2.05) is 6.92 Å². The summed E-state index contributed by atoms with van der Waals surface area (Å²) in [4.78, 5) is 14.9. The van der Waals surface area contributed by atoms with Gasteiger partial charge in [0.25, 0.3) is 0 Å². The molecule has 1 amide bonds. The summed E-state index contributed by atoms with van der Waals surface area (Å²) in [6, 6.07) is 0. The van der Waals surface area contributed by atoms with E-state index in [4.69, 9.17) is 5.73 Å². The van der Waals surface area contributed by atoms with E-state index in [1.54, 1.807) is 19.0 Å². The lowest BCUT2D eigenvalue weighted by molar-refractivity contribution is -0.127. The van der Waals surface area contributed by atoms with Crippen LogP contribution in [0, 0.1) is 0 Å². The fourth-order valence-electron chi connectivity index (χ4n) is 1.54. The molecule has 1 heterocycles. The second kappa shape index (κ2) is 6.58. The molecular formula is C11H21N5O3S2. The Bertz CT molecular complexity index is 609. The number of carbonyl (C=O) groups is 1. The first-order valence-corrected chi connectivity index (χ1v) is 8.47. The van der Waals surface area contributed by atoms with E-state index in [0.717, 1.165) is 15.8 Å². The lowest BCUT2D eigenvalue weighted by Gasteiger charge is -2.24. The summed E-state index contributed by atoms with van der Waals surface area (Å²) in [6.07, 6.45) is 0. The summed E-state index contributed by atoms with van der Waals surface area (Å²) in [5.41, 5.74) is 5.72. The van der Waals surface area contributed by atoms with Crippen LogP contribution in [0.4, 0.5) is 10.8 Å². The van der Waals surface area contributed by atoms with Crippen LogP contribution in [0.1, 0.15) is 6.92 Å². The number of aromatic nitrogens is 1. The second-order valence-electron chi connectivity index (χ2n) is 4.79. The number of likely N-dealkylation sites (N-methyl/N-ethyl adjacent to an activating group) is 2. The molecule has 0 saturated carbocycles. The quantitative estimate of drug-likeness (QED) is 0.778. The third-order valence-electron chi connectivity index (χ3n) is 2.89. The van der Waals surface area contributed by atoms with Crippen molar-refractivity contribution in [2.24, 2.45) is 0 Å². The Morgan fingerprint density at radius 2 is 1.86 bits per heavy atom. The molecule has 0 atom stereocenters. The third kappa shape index (κ3) is 3.63. The number of hydrogen-bond acceptors (Lipinski definition) is 7. The van der Waals surface area contributed by atoms with Gasteiger partial charge in [0.1, 0.15) is 5.00 Å². The van der Waals surface area contributed by atoms with Crippen LogP contribution >= 0.6 is 11.5 Å². The number of carbonyl (C=O) groups excluding carboxylic acids is 1. The Balaban J connectivity index is 3.28. The molecule has 8 nitrogen and oxygen atoms in total. The Labute approximate surface area is 129 Å². The smallest absolute Gasteiger partial charge is 0.249 e. The number of anilines is 2. The van der Waals surface area contributed by atoms with Gasteiger partial charge in [0.05, 0.1) is 6.54 Å². The van der Waals surface area contributed by atoms with Crippen LogP contribution < -0.4 is 10.6 Å². The van der Waals surface area contributed by atoms with E-state index in [2.05, 4.69) is 4.37 Å². The molecule has 1 rings (SSSR count). The molecule has 1 aromatic heterocycles. The normalized spacial score (nSPS) is 11.7. The Morgan fingerprint density at radius 3 is 2.29 bits per heavy atom. The van der Waals surface area contributed by atoms with Crippen LogP contribution in [0.25, 0.3) is 0 Å². The minimum absolute atomic E-state index is 0.0362. The summed E-state index contributed by atoms with van der Waals surface area (Å²) in [7, 11) is 2.43. The highest BCUT2D eigenvalue weighted by molar-refractivity contribution is 7.89. The fourth-order valence-corrected chi connectivity index (χ4v) is 3.83. The van der Waals surface area contributed by atoms with Crippen LogP contribution in [0.3, 0.4) is 0 Å². The van der Waals surface area contributed by atoms with Crippen molar-refractivity contribution in [3.8, 4) is 0 Å². The second-order valence-corrected chi connectivity index (χ2v) is 7.63. The SMILES string of the molecule is CCN(CC(=O)N(C)C)c1snc(N)c1S(=O)(=O)N(C)C. The van der Waals surface area contributed by atoms with Crippen molar-refractivity contribution in [3.05, 3.63) is 0 Å². The molecular weight excluding hydrogens is 314 g/mol. The lowest BCUT2D eigenvalue weighted by Crippen LogP contribution is -2.37.